The lowest BCUT2D eigenvalue weighted by Gasteiger charge is -2.38. The van der Waals surface area contributed by atoms with Crippen LogP contribution in [0.15, 0.2) is 83.7 Å². The molecule has 4 heterocycles. The number of ketones is 1. The lowest BCUT2D eigenvalue weighted by atomic mass is 9.85. The number of carbonyl (C=O) groups is 7. The van der Waals surface area contributed by atoms with Crippen molar-refractivity contribution < 1.29 is 33.6 Å². The van der Waals surface area contributed by atoms with Crippen LogP contribution in [0.5, 0.6) is 0 Å². The lowest BCUT2D eigenvalue weighted by Crippen LogP contribution is -2.56. The number of benzene rings is 3. The van der Waals surface area contributed by atoms with Crippen molar-refractivity contribution in [2.24, 2.45) is 18.7 Å². The Hall–Kier alpha value is -6.38. The van der Waals surface area contributed by atoms with Gasteiger partial charge < -0.3 is 20.9 Å². The van der Waals surface area contributed by atoms with Crippen LogP contribution in [-0.2, 0) is 47.0 Å². The van der Waals surface area contributed by atoms with Gasteiger partial charge in [0.15, 0.2) is 5.78 Å². The Morgan fingerprint density at radius 2 is 1.51 bits per heavy atom. The number of imidazole rings is 1. The lowest BCUT2D eigenvalue weighted by molar-refractivity contribution is -0.147. The van der Waals surface area contributed by atoms with Crippen LogP contribution in [0.3, 0.4) is 0 Å². The number of amides is 6. The second kappa shape index (κ2) is 21.1. The van der Waals surface area contributed by atoms with E-state index in [4.69, 9.17) is 5.73 Å². The van der Waals surface area contributed by atoms with Crippen molar-refractivity contribution in [3.63, 3.8) is 0 Å². The van der Waals surface area contributed by atoms with E-state index in [2.05, 4.69) is 10.6 Å². The SMILES string of the molecule is C[C@H]1CN(C(=O)CCCCCCc2ccc3c(c2)n(C)c(=O)n3C2CCC(=O)NC2=O)CC[C@H]2CC[C@@H](C(=O)N[C@@H](CCC(N)=O)C(=O)CC(c3ccccc3)c3ccccc3)N2C1=O. The molecule has 1 aromatic heterocycles. The van der Waals surface area contributed by atoms with E-state index in [-0.39, 0.29) is 79.8 Å². The molecule has 3 aliphatic rings. The van der Waals surface area contributed by atoms with E-state index in [9.17, 15) is 38.4 Å². The van der Waals surface area contributed by atoms with Gasteiger partial charge in [-0.25, -0.2) is 4.79 Å². The van der Waals surface area contributed by atoms with Crippen LogP contribution in [0.2, 0.25) is 0 Å². The van der Waals surface area contributed by atoms with Crippen molar-refractivity contribution in [3.05, 3.63) is 106 Å². The predicted octanol–water partition coefficient (Wildman–Crippen LogP) is 4.58. The molecule has 344 valence electrons. The highest BCUT2D eigenvalue weighted by atomic mass is 16.2. The Bertz CT molecular complexity index is 2430. The van der Waals surface area contributed by atoms with Crippen LogP contribution in [0.1, 0.15) is 119 Å². The van der Waals surface area contributed by atoms with E-state index in [0.717, 1.165) is 47.9 Å². The van der Waals surface area contributed by atoms with Crippen molar-refractivity contribution in [2.45, 2.75) is 127 Å². The molecule has 5 atom stereocenters. The molecule has 3 saturated heterocycles. The molecule has 3 fully saturated rings. The fraction of sp³-hybridized carbons (Fsp3) is 0.480. The average Bonchev–Trinajstić information content (AvgIpc) is 3.83. The minimum Gasteiger partial charge on any atom is -0.370 e. The van der Waals surface area contributed by atoms with E-state index < -0.39 is 41.8 Å². The van der Waals surface area contributed by atoms with Crippen molar-refractivity contribution >= 4 is 52.3 Å². The first kappa shape index (κ1) is 46.6. The number of unbranched alkanes of at least 4 members (excludes halogenated alkanes) is 3. The maximum atomic E-state index is 14.1. The smallest absolute Gasteiger partial charge is 0.329 e. The van der Waals surface area contributed by atoms with E-state index in [1.807, 2.05) is 78.9 Å². The number of aryl methyl sites for hydroxylation is 2. The van der Waals surface area contributed by atoms with Gasteiger partial charge in [-0.15, -0.1) is 0 Å². The Morgan fingerprint density at radius 1 is 0.815 bits per heavy atom. The number of nitrogens with one attached hydrogen (secondary N) is 2. The third kappa shape index (κ3) is 10.9. The second-order valence-electron chi connectivity index (χ2n) is 18.0. The predicted molar refractivity (Wildman–Crippen MR) is 244 cm³/mol. The van der Waals surface area contributed by atoms with Crippen molar-refractivity contribution in [1.82, 2.24) is 29.6 Å². The zero-order valence-electron chi connectivity index (χ0n) is 37.4. The summed E-state index contributed by atoms with van der Waals surface area (Å²) in [5, 5.41) is 5.28. The Kier molecular flexibility index (Phi) is 15.1. The van der Waals surface area contributed by atoms with Gasteiger partial charge in [0.1, 0.15) is 12.1 Å². The summed E-state index contributed by atoms with van der Waals surface area (Å²) in [6.45, 7) is 2.53. The van der Waals surface area contributed by atoms with Gasteiger partial charge in [0.2, 0.25) is 35.4 Å². The number of piperidine rings is 1. The fourth-order valence-electron chi connectivity index (χ4n) is 9.96. The summed E-state index contributed by atoms with van der Waals surface area (Å²) in [6, 6.07) is 22.5. The molecule has 0 bridgehead atoms. The van der Waals surface area contributed by atoms with Crippen LogP contribution in [-0.4, -0.2) is 91.4 Å². The number of aromatic nitrogens is 2. The highest BCUT2D eigenvalue weighted by molar-refractivity contribution is 6.00. The largest absolute Gasteiger partial charge is 0.370 e. The molecular formula is C50H61N7O8. The third-order valence-corrected chi connectivity index (χ3v) is 13.5. The minimum atomic E-state index is -0.965. The number of hydrogen-bond donors (Lipinski definition) is 3. The molecule has 0 saturated carbocycles. The molecule has 0 aliphatic carbocycles. The first-order valence-electron chi connectivity index (χ1n) is 23.2. The van der Waals surface area contributed by atoms with Gasteiger partial charge in [-0.2, -0.15) is 0 Å². The standard InChI is InChI=1S/C50H61N7O8/c1-32-31-55(46(61)18-12-4-3-7-13-33-19-22-39-42(29-33)54(2)50(65)57(39)41-24-26-45(60)53-48(41)63)28-27-36-20-23-40(56(36)49(32)64)47(62)52-38(21-25-44(51)59)43(58)30-37(34-14-8-5-9-15-34)35-16-10-6-11-17-35/h5-6,8-11,14-17,19,22,29,32,36-38,40-41H,3-4,7,12-13,18,20-21,23-28,30-31H2,1-2H3,(H2,51,59)(H,52,62)(H,53,60,63)/t32-,36+,38-,40-,41?/m0/s1. The van der Waals surface area contributed by atoms with E-state index in [1.165, 1.54) is 9.13 Å². The van der Waals surface area contributed by atoms with Gasteiger partial charge in [0, 0.05) is 57.8 Å². The Morgan fingerprint density at radius 3 is 2.18 bits per heavy atom. The molecule has 7 rings (SSSR count). The summed E-state index contributed by atoms with van der Waals surface area (Å²) in [7, 11) is 1.68. The maximum absolute atomic E-state index is 14.1. The zero-order chi connectivity index (χ0) is 46.2. The second-order valence-corrected chi connectivity index (χ2v) is 18.0. The molecule has 6 amide bonds. The highest BCUT2D eigenvalue weighted by Gasteiger charge is 2.44. The van der Waals surface area contributed by atoms with Crippen LogP contribution in [0.4, 0.5) is 0 Å². The average molecular weight is 888 g/mol. The summed E-state index contributed by atoms with van der Waals surface area (Å²) >= 11 is 0. The van der Waals surface area contributed by atoms with Crippen LogP contribution in [0, 0.1) is 5.92 Å². The number of Topliss-reactive ketones (excluding diaryl/α,β-unsaturated/α-hetero) is 1. The number of rotatable bonds is 18. The number of imide groups is 1. The van der Waals surface area contributed by atoms with Gasteiger partial charge in [0.25, 0.3) is 0 Å². The summed E-state index contributed by atoms with van der Waals surface area (Å²) in [6.07, 6.45) is 6.64. The summed E-state index contributed by atoms with van der Waals surface area (Å²) < 4.78 is 3.02. The van der Waals surface area contributed by atoms with Crippen LogP contribution in [0.25, 0.3) is 11.0 Å². The summed E-state index contributed by atoms with van der Waals surface area (Å²) in [5.74, 6) is -2.98. The molecule has 0 radical (unpaired) electrons. The molecule has 4 N–H and O–H groups in total. The molecule has 3 aliphatic heterocycles. The number of nitrogens with zero attached hydrogens (tertiary/aromatic N) is 4. The van der Waals surface area contributed by atoms with Crippen LogP contribution >= 0.6 is 0 Å². The van der Waals surface area contributed by atoms with E-state index in [1.54, 1.807) is 23.8 Å². The normalized spacial score (nSPS) is 20.6. The number of carbonyl (C=O) groups excluding carboxylic acids is 7. The Labute approximate surface area is 379 Å². The van der Waals surface area contributed by atoms with E-state index >= 15 is 0 Å². The molecule has 1 unspecified atom stereocenters. The Balaban J connectivity index is 0.895. The third-order valence-electron chi connectivity index (χ3n) is 13.5. The van der Waals surface area contributed by atoms with Gasteiger partial charge in [0.05, 0.1) is 23.0 Å². The number of nitrogens with two attached hydrogens (primary N) is 1. The van der Waals surface area contributed by atoms with Crippen molar-refractivity contribution in [1.29, 1.82) is 0 Å². The van der Waals surface area contributed by atoms with Crippen molar-refractivity contribution in [2.75, 3.05) is 13.1 Å². The maximum Gasteiger partial charge on any atom is 0.329 e. The van der Waals surface area contributed by atoms with Gasteiger partial charge in [-0.3, -0.25) is 48.0 Å². The zero-order valence-corrected chi connectivity index (χ0v) is 37.4. The molecule has 4 aromatic rings. The van der Waals surface area contributed by atoms with Gasteiger partial charge in [-0.05, 0) is 80.2 Å². The van der Waals surface area contributed by atoms with E-state index in [0.29, 0.717) is 44.2 Å². The highest BCUT2D eigenvalue weighted by Crippen LogP contribution is 2.33. The number of hydrogen-bond acceptors (Lipinski definition) is 8. The van der Waals surface area contributed by atoms with Gasteiger partial charge in [-0.1, -0.05) is 86.5 Å². The topological polar surface area (TPSA) is 203 Å². The summed E-state index contributed by atoms with van der Waals surface area (Å²) in [5.41, 5.74) is 9.58. The van der Waals surface area contributed by atoms with Gasteiger partial charge >= 0.3 is 5.69 Å². The number of fused-ring (bicyclic) bond motifs is 2. The first-order valence-corrected chi connectivity index (χ1v) is 23.2. The molecule has 65 heavy (non-hydrogen) atoms. The fourth-order valence-corrected chi connectivity index (χ4v) is 9.96. The molecule has 0 spiro atoms. The van der Waals surface area contributed by atoms with Crippen molar-refractivity contribution in [3.8, 4) is 0 Å². The van der Waals surface area contributed by atoms with Crippen LogP contribution < -0.4 is 22.1 Å². The molecular weight excluding hydrogens is 827 g/mol. The molecule has 3 aromatic carbocycles. The quantitative estimate of drug-likeness (QED) is 0.0952. The number of primary amides is 1. The molecule has 15 heteroatoms. The first-order chi connectivity index (χ1) is 31.3. The monoisotopic (exact) mass is 887 g/mol. The molecule has 15 nitrogen and oxygen atoms in total. The minimum absolute atomic E-state index is 0.0115. The summed E-state index contributed by atoms with van der Waals surface area (Å²) in [4.78, 5) is 108.